The maximum absolute atomic E-state index is 13.0. The van der Waals surface area contributed by atoms with Crippen molar-refractivity contribution < 1.29 is 9.18 Å². The fraction of sp³-hybridized carbons (Fsp3) is 0.435. The van der Waals surface area contributed by atoms with E-state index in [0.717, 1.165) is 57.5 Å². The maximum Gasteiger partial charge on any atom is 0.222 e. The van der Waals surface area contributed by atoms with E-state index >= 15 is 0 Å². The van der Waals surface area contributed by atoms with Gasteiger partial charge in [-0.25, -0.2) is 4.39 Å². The normalized spacial score (nSPS) is 15.6. The van der Waals surface area contributed by atoms with Gasteiger partial charge in [0.25, 0.3) is 0 Å². The van der Waals surface area contributed by atoms with Crippen molar-refractivity contribution in [3.05, 3.63) is 71.0 Å². The number of rotatable bonds is 6. The molecule has 1 heterocycles. The lowest BCUT2D eigenvalue weighted by atomic mass is 10.1. The molecule has 2 aromatic carbocycles. The summed E-state index contributed by atoms with van der Waals surface area (Å²) in [6.45, 7) is 6.40. The fourth-order valence-electron chi connectivity index (χ4n) is 3.58. The van der Waals surface area contributed by atoms with E-state index in [0.29, 0.717) is 6.42 Å². The zero-order valence-corrected chi connectivity index (χ0v) is 16.2. The summed E-state index contributed by atoms with van der Waals surface area (Å²) >= 11 is 0. The van der Waals surface area contributed by atoms with Crippen molar-refractivity contribution in [3.8, 4) is 0 Å². The molecule has 2 aromatic rings. The standard InChI is InChI=1S/C23H29FN2O/c1-2-19-4-6-20(7-5-19)10-13-23(27)26-15-3-14-25(16-17-26)18-21-8-11-22(24)12-9-21/h4-9,11-12H,2-3,10,13-18H2,1H3. The molecule has 0 bridgehead atoms. The largest absolute Gasteiger partial charge is 0.341 e. The first-order chi connectivity index (χ1) is 13.1. The van der Waals surface area contributed by atoms with E-state index in [1.54, 1.807) is 0 Å². The number of carbonyl (C=O) groups excluding carboxylic acids is 1. The van der Waals surface area contributed by atoms with Crippen LogP contribution in [0.3, 0.4) is 0 Å². The van der Waals surface area contributed by atoms with Crippen LogP contribution in [0.1, 0.15) is 36.5 Å². The second kappa shape index (κ2) is 9.65. The summed E-state index contributed by atoms with van der Waals surface area (Å²) in [5, 5.41) is 0. The molecule has 0 aromatic heterocycles. The van der Waals surface area contributed by atoms with Crippen molar-refractivity contribution >= 4 is 5.91 Å². The van der Waals surface area contributed by atoms with E-state index in [1.807, 2.05) is 17.0 Å². The second-order valence-corrected chi connectivity index (χ2v) is 7.31. The van der Waals surface area contributed by atoms with E-state index in [4.69, 9.17) is 0 Å². The van der Waals surface area contributed by atoms with Crippen molar-refractivity contribution in [1.29, 1.82) is 0 Å². The summed E-state index contributed by atoms with van der Waals surface area (Å²) < 4.78 is 13.0. The first-order valence-corrected chi connectivity index (χ1v) is 9.96. The monoisotopic (exact) mass is 368 g/mol. The van der Waals surface area contributed by atoms with Gasteiger partial charge < -0.3 is 4.90 Å². The van der Waals surface area contributed by atoms with Gasteiger partial charge >= 0.3 is 0 Å². The molecule has 27 heavy (non-hydrogen) atoms. The minimum atomic E-state index is -0.198. The molecule has 4 heteroatoms. The van der Waals surface area contributed by atoms with Gasteiger partial charge in [0, 0.05) is 39.1 Å². The lowest BCUT2D eigenvalue weighted by molar-refractivity contribution is -0.131. The first-order valence-electron chi connectivity index (χ1n) is 9.96. The van der Waals surface area contributed by atoms with Crippen LogP contribution in [0, 0.1) is 5.82 Å². The Balaban J connectivity index is 1.46. The summed E-state index contributed by atoms with van der Waals surface area (Å²) in [4.78, 5) is 17.0. The average molecular weight is 368 g/mol. The van der Waals surface area contributed by atoms with Gasteiger partial charge in [-0.05, 0) is 48.1 Å². The number of aryl methyl sites for hydroxylation is 2. The SMILES string of the molecule is CCc1ccc(CCC(=O)N2CCCN(Cc3ccc(F)cc3)CC2)cc1. The zero-order chi connectivity index (χ0) is 19.1. The number of hydrogen-bond acceptors (Lipinski definition) is 2. The maximum atomic E-state index is 13.0. The number of hydrogen-bond donors (Lipinski definition) is 0. The summed E-state index contributed by atoms with van der Waals surface area (Å²) in [5.74, 6) is 0.0499. The van der Waals surface area contributed by atoms with Gasteiger partial charge in [0.05, 0.1) is 0 Å². The molecule has 0 radical (unpaired) electrons. The van der Waals surface area contributed by atoms with Crippen LogP contribution in [0.15, 0.2) is 48.5 Å². The third-order valence-corrected chi connectivity index (χ3v) is 5.32. The van der Waals surface area contributed by atoms with Gasteiger partial charge in [0.2, 0.25) is 5.91 Å². The molecule has 3 rings (SSSR count). The van der Waals surface area contributed by atoms with Gasteiger partial charge in [-0.1, -0.05) is 43.3 Å². The Bertz CT molecular complexity index is 727. The van der Waals surface area contributed by atoms with Gasteiger partial charge in [-0.2, -0.15) is 0 Å². The van der Waals surface area contributed by atoms with Gasteiger partial charge in [0.1, 0.15) is 5.82 Å². The third-order valence-electron chi connectivity index (χ3n) is 5.32. The van der Waals surface area contributed by atoms with Gasteiger partial charge in [0.15, 0.2) is 0 Å². The molecule has 0 unspecified atom stereocenters. The minimum absolute atomic E-state index is 0.198. The molecule has 144 valence electrons. The van der Waals surface area contributed by atoms with E-state index in [-0.39, 0.29) is 11.7 Å². The molecule has 0 atom stereocenters. The second-order valence-electron chi connectivity index (χ2n) is 7.31. The number of amides is 1. The van der Waals surface area contributed by atoms with Crippen LogP contribution in [0.4, 0.5) is 4.39 Å². The Morgan fingerprint density at radius 1 is 0.889 bits per heavy atom. The highest BCUT2D eigenvalue weighted by molar-refractivity contribution is 5.76. The van der Waals surface area contributed by atoms with Crippen molar-refractivity contribution in [3.63, 3.8) is 0 Å². The molecular formula is C23H29FN2O. The highest BCUT2D eigenvalue weighted by atomic mass is 19.1. The van der Waals surface area contributed by atoms with E-state index in [2.05, 4.69) is 36.1 Å². The number of carbonyl (C=O) groups is 1. The highest BCUT2D eigenvalue weighted by Gasteiger charge is 2.19. The Labute approximate surface area is 161 Å². The van der Waals surface area contributed by atoms with Crippen LogP contribution < -0.4 is 0 Å². The molecular weight excluding hydrogens is 339 g/mol. The molecule has 1 aliphatic rings. The highest BCUT2D eigenvalue weighted by Crippen LogP contribution is 2.12. The number of nitrogens with zero attached hydrogens (tertiary/aromatic N) is 2. The van der Waals surface area contributed by atoms with Crippen LogP contribution in [-0.2, 0) is 24.2 Å². The minimum Gasteiger partial charge on any atom is -0.341 e. The first kappa shape index (κ1) is 19.6. The summed E-state index contributed by atoms with van der Waals surface area (Å²) in [6, 6.07) is 15.3. The van der Waals surface area contributed by atoms with Crippen molar-refractivity contribution in [2.45, 2.75) is 39.2 Å². The third kappa shape index (κ3) is 5.90. The van der Waals surface area contributed by atoms with Gasteiger partial charge in [-0.15, -0.1) is 0 Å². The van der Waals surface area contributed by atoms with E-state index in [1.165, 1.54) is 23.3 Å². The van der Waals surface area contributed by atoms with Gasteiger partial charge in [-0.3, -0.25) is 9.69 Å². The Morgan fingerprint density at radius 2 is 1.56 bits per heavy atom. The molecule has 1 saturated heterocycles. The van der Waals surface area contributed by atoms with Crippen LogP contribution in [0.25, 0.3) is 0 Å². The predicted molar refractivity (Wildman–Crippen MR) is 107 cm³/mol. The quantitative estimate of drug-likeness (QED) is 0.768. The molecule has 1 fully saturated rings. The molecule has 3 nitrogen and oxygen atoms in total. The molecule has 0 aliphatic carbocycles. The van der Waals surface area contributed by atoms with Crippen LogP contribution in [0.5, 0.6) is 0 Å². The van der Waals surface area contributed by atoms with Crippen molar-refractivity contribution in [2.24, 2.45) is 0 Å². The number of halogens is 1. The zero-order valence-electron chi connectivity index (χ0n) is 16.2. The molecule has 1 aliphatic heterocycles. The predicted octanol–water partition coefficient (Wildman–Crippen LogP) is 4.06. The average Bonchev–Trinajstić information content (AvgIpc) is 2.94. The van der Waals surface area contributed by atoms with E-state index in [9.17, 15) is 9.18 Å². The molecule has 0 spiro atoms. The van der Waals surface area contributed by atoms with Crippen LogP contribution >= 0.6 is 0 Å². The van der Waals surface area contributed by atoms with Crippen molar-refractivity contribution in [2.75, 3.05) is 26.2 Å². The smallest absolute Gasteiger partial charge is 0.222 e. The summed E-state index contributed by atoms with van der Waals surface area (Å²) in [7, 11) is 0. The van der Waals surface area contributed by atoms with Crippen LogP contribution in [-0.4, -0.2) is 41.9 Å². The Kier molecular flexibility index (Phi) is 6.99. The molecule has 0 N–H and O–H groups in total. The van der Waals surface area contributed by atoms with E-state index < -0.39 is 0 Å². The van der Waals surface area contributed by atoms with Crippen LogP contribution in [0.2, 0.25) is 0 Å². The molecule has 1 amide bonds. The Hall–Kier alpha value is -2.20. The Morgan fingerprint density at radius 3 is 2.26 bits per heavy atom. The molecule has 0 saturated carbocycles. The lowest BCUT2D eigenvalue weighted by Gasteiger charge is -2.22. The van der Waals surface area contributed by atoms with Crippen molar-refractivity contribution in [1.82, 2.24) is 9.80 Å². The summed E-state index contributed by atoms with van der Waals surface area (Å²) in [5.41, 5.74) is 3.68. The topological polar surface area (TPSA) is 23.6 Å². The fourth-order valence-corrected chi connectivity index (χ4v) is 3.58. The lowest BCUT2D eigenvalue weighted by Crippen LogP contribution is -2.35. The number of benzene rings is 2. The summed E-state index contributed by atoms with van der Waals surface area (Å²) in [6.07, 6.45) is 3.40.